The SMILES string of the molecule is CC[C@@H](C)NC(=O)[C@@H](CC)n1c(=O)n(-c2cccc(C)c2)c(=O)c2ccc(Cl)cc21. The molecule has 7 heteroatoms. The number of benzene rings is 2. The van der Waals surface area contributed by atoms with Crippen LogP contribution in [0.5, 0.6) is 0 Å². The smallest absolute Gasteiger partial charge is 0.336 e. The van der Waals surface area contributed by atoms with Crippen molar-refractivity contribution in [1.82, 2.24) is 14.5 Å². The van der Waals surface area contributed by atoms with Crippen molar-refractivity contribution in [3.8, 4) is 5.69 Å². The van der Waals surface area contributed by atoms with Crippen LogP contribution >= 0.6 is 11.6 Å². The predicted molar refractivity (Wildman–Crippen MR) is 121 cm³/mol. The van der Waals surface area contributed by atoms with Crippen LogP contribution in [0.2, 0.25) is 5.02 Å². The normalized spacial score (nSPS) is 13.2. The molecule has 0 spiro atoms. The van der Waals surface area contributed by atoms with E-state index in [1.165, 1.54) is 4.57 Å². The highest BCUT2D eigenvalue weighted by Crippen LogP contribution is 2.21. The average Bonchev–Trinajstić information content (AvgIpc) is 2.70. The van der Waals surface area contributed by atoms with E-state index in [0.717, 1.165) is 16.6 Å². The molecule has 2 aromatic carbocycles. The molecule has 0 aliphatic rings. The van der Waals surface area contributed by atoms with E-state index in [4.69, 9.17) is 11.6 Å². The van der Waals surface area contributed by atoms with E-state index < -0.39 is 17.3 Å². The zero-order valence-corrected chi connectivity index (χ0v) is 18.4. The second-order valence-corrected chi connectivity index (χ2v) is 7.97. The van der Waals surface area contributed by atoms with Crippen molar-refractivity contribution in [3.05, 3.63) is 73.9 Å². The monoisotopic (exact) mass is 427 g/mol. The van der Waals surface area contributed by atoms with Crippen LogP contribution in [0.4, 0.5) is 0 Å². The van der Waals surface area contributed by atoms with Gasteiger partial charge < -0.3 is 5.32 Å². The van der Waals surface area contributed by atoms with E-state index in [0.29, 0.717) is 28.0 Å². The Labute approximate surface area is 180 Å². The molecule has 6 nitrogen and oxygen atoms in total. The zero-order valence-electron chi connectivity index (χ0n) is 17.6. The summed E-state index contributed by atoms with van der Waals surface area (Å²) in [6, 6.07) is 11.1. The summed E-state index contributed by atoms with van der Waals surface area (Å²) in [7, 11) is 0. The first-order chi connectivity index (χ1) is 14.3. The Balaban J connectivity index is 2.37. The maximum absolute atomic E-state index is 13.6. The molecule has 0 fully saturated rings. The van der Waals surface area contributed by atoms with E-state index in [-0.39, 0.29) is 11.9 Å². The quantitative estimate of drug-likeness (QED) is 0.646. The Bertz CT molecular complexity index is 1210. The van der Waals surface area contributed by atoms with Crippen molar-refractivity contribution >= 4 is 28.4 Å². The first-order valence-electron chi connectivity index (χ1n) is 10.1. The third kappa shape index (κ3) is 4.05. The number of nitrogens with zero attached hydrogens (tertiary/aromatic N) is 2. The lowest BCUT2D eigenvalue weighted by Gasteiger charge is -2.23. The van der Waals surface area contributed by atoms with Gasteiger partial charge in [-0.05, 0) is 62.6 Å². The molecule has 1 amide bonds. The van der Waals surface area contributed by atoms with Crippen LogP contribution in [0.15, 0.2) is 52.1 Å². The fourth-order valence-electron chi connectivity index (χ4n) is 3.53. The molecular formula is C23H26ClN3O3. The molecule has 1 aromatic heterocycles. The van der Waals surface area contributed by atoms with Crippen LogP contribution in [-0.4, -0.2) is 21.1 Å². The van der Waals surface area contributed by atoms with Crippen LogP contribution in [0.1, 0.15) is 45.2 Å². The Kier molecular flexibility index (Phi) is 6.46. The number of hydrogen-bond donors (Lipinski definition) is 1. The molecule has 0 aliphatic heterocycles. The minimum atomic E-state index is -0.774. The highest BCUT2D eigenvalue weighted by atomic mass is 35.5. The standard InChI is InChI=1S/C23H26ClN3O3/c1-5-15(4)25-21(28)19(6-2)27-20-13-16(24)10-11-18(20)22(29)26(23(27)30)17-9-7-8-14(3)12-17/h7-13,15,19H,5-6H2,1-4H3,(H,25,28)/t15-,19-/m1/s1. The Morgan fingerprint density at radius 1 is 1.10 bits per heavy atom. The van der Waals surface area contributed by atoms with Crippen molar-refractivity contribution in [2.75, 3.05) is 0 Å². The summed E-state index contributed by atoms with van der Waals surface area (Å²) in [5.74, 6) is -0.260. The molecule has 3 aromatic rings. The summed E-state index contributed by atoms with van der Waals surface area (Å²) in [5, 5.41) is 3.67. The fraction of sp³-hybridized carbons (Fsp3) is 0.348. The van der Waals surface area contributed by atoms with Crippen molar-refractivity contribution < 1.29 is 4.79 Å². The molecule has 0 aliphatic carbocycles. The number of hydrogen-bond acceptors (Lipinski definition) is 3. The Morgan fingerprint density at radius 2 is 1.83 bits per heavy atom. The highest BCUT2D eigenvalue weighted by molar-refractivity contribution is 6.31. The van der Waals surface area contributed by atoms with Crippen LogP contribution in [0.25, 0.3) is 16.6 Å². The maximum Gasteiger partial charge on any atom is 0.336 e. The van der Waals surface area contributed by atoms with Crippen LogP contribution in [0.3, 0.4) is 0 Å². The van der Waals surface area contributed by atoms with Crippen LogP contribution in [-0.2, 0) is 4.79 Å². The van der Waals surface area contributed by atoms with E-state index in [2.05, 4.69) is 5.32 Å². The van der Waals surface area contributed by atoms with Crippen molar-refractivity contribution in [2.24, 2.45) is 0 Å². The summed E-state index contributed by atoms with van der Waals surface area (Å²) in [6.45, 7) is 7.62. The number of aryl methyl sites for hydroxylation is 1. The van der Waals surface area contributed by atoms with Gasteiger partial charge in [0.1, 0.15) is 6.04 Å². The van der Waals surface area contributed by atoms with Gasteiger partial charge in [0, 0.05) is 11.1 Å². The van der Waals surface area contributed by atoms with Gasteiger partial charge in [0.25, 0.3) is 5.56 Å². The molecule has 0 radical (unpaired) electrons. The van der Waals surface area contributed by atoms with E-state index in [1.807, 2.05) is 33.8 Å². The van der Waals surface area contributed by atoms with Gasteiger partial charge in [-0.15, -0.1) is 0 Å². The molecule has 30 heavy (non-hydrogen) atoms. The van der Waals surface area contributed by atoms with Crippen molar-refractivity contribution in [2.45, 2.75) is 52.6 Å². The third-order valence-electron chi connectivity index (χ3n) is 5.31. The van der Waals surface area contributed by atoms with Gasteiger partial charge in [-0.1, -0.05) is 37.6 Å². The summed E-state index contributed by atoms with van der Waals surface area (Å²) < 4.78 is 2.52. The van der Waals surface area contributed by atoms with Gasteiger partial charge in [0.2, 0.25) is 5.91 Å². The summed E-state index contributed by atoms with van der Waals surface area (Å²) in [4.78, 5) is 39.8. The lowest BCUT2D eigenvalue weighted by Crippen LogP contribution is -2.45. The number of halogens is 1. The number of nitrogens with one attached hydrogen (secondary N) is 1. The molecule has 0 unspecified atom stereocenters. The molecule has 158 valence electrons. The maximum atomic E-state index is 13.6. The number of carbonyl (C=O) groups excluding carboxylic acids is 1. The Hall–Kier alpha value is -2.86. The largest absolute Gasteiger partial charge is 0.352 e. The van der Waals surface area contributed by atoms with Gasteiger partial charge in [-0.2, -0.15) is 0 Å². The lowest BCUT2D eigenvalue weighted by molar-refractivity contribution is -0.125. The first kappa shape index (κ1) is 21.8. The van der Waals surface area contributed by atoms with E-state index in [1.54, 1.807) is 36.4 Å². The topological polar surface area (TPSA) is 73.1 Å². The van der Waals surface area contributed by atoms with Gasteiger partial charge in [0.05, 0.1) is 16.6 Å². The molecule has 0 bridgehead atoms. The van der Waals surface area contributed by atoms with Gasteiger partial charge >= 0.3 is 5.69 Å². The number of aromatic nitrogens is 2. The first-order valence-corrected chi connectivity index (χ1v) is 10.5. The van der Waals surface area contributed by atoms with Gasteiger partial charge in [0.15, 0.2) is 0 Å². The predicted octanol–water partition coefficient (Wildman–Crippen LogP) is 3.98. The molecule has 2 atom stereocenters. The molecule has 0 saturated carbocycles. The number of rotatable bonds is 6. The van der Waals surface area contributed by atoms with E-state index in [9.17, 15) is 14.4 Å². The zero-order chi connectivity index (χ0) is 22.0. The number of fused-ring (bicyclic) bond motifs is 1. The van der Waals surface area contributed by atoms with E-state index >= 15 is 0 Å². The highest BCUT2D eigenvalue weighted by Gasteiger charge is 2.26. The second-order valence-electron chi connectivity index (χ2n) is 7.54. The molecule has 3 rings (SSSR count). The summed E-state index contributed by atoms with van der Waals surface area (Å²) in [6.07, 6.45) is 1.16. The third-order valence-corrected chi connectivity index (χ3v) is 5.55. The fourth-order valence-corrected chi connectivity index (χ4v) is 3.69. The van der Waals surface area contributed by atoms with Crippen molar-refractivity contribution in [1.29, 1.82) is 0 Å². The number of carbonyl (C=O) groups is 1. The molecule has 0 saturated heterocycles. The minimum Gasteiger partial charge on any atom is -0.352 e. The van der Waals surface area contributed by atoms with Crippen molar-refractivity contribution in [3.63, 3.8) is 0 Å². The molecule has 1 N–H and O–H groups in total. The van der Waals surface area contributed by atoms with Gasteiger partial charge in [-0.3, -0.25) is 14.2 Å². The molecular weight excluding hydrogens is 402 g/mol. The molecule has 1 heterocycles. The Morgan fingerprint density at radius 3 is 2.47 bits per heavy atom. The van der Waals surface area contributed by atoms with Crippen LogP contribution < -0.4 is 16.6 Å². The lowest BCUT2D eigenvalue weighted by atomic mass is 10.1. The number of amides is 1. The van der Waals surface area contributed by atoms with Gasteiger partial charge in [-0.25, -0.2) is 9.36 Å². The minimum absolute atomic E-state index is 0.0280. The summed E-state index contributed by atoms with van der Waals surface area (Å²) in [5.41, 5.74) is 0.737. The second kappa shape index (κ2) is 8.88. The summed E-state index contributed by atoms with van der Waals surface area (Å²) >= 11 is 6.18. The average molecular weight is 428 g/mol. The van der Waals surface area contributed by atoms with Crippen LogP contribution in [0, 0.1) is 6.92 Å².